The summed E-state index contributed by atoms with van der Waals surface area (Å²) in [5, 5.41) is 2.84. The van der Waals surface area contributed by atoms with Crippen LogP contribution in [0.1, 0.15) is 10.4 Å². The van der Waals surface area contributed by atoms with E-state index in [-0.39, 0.29) is 5.91 Å². The fourth-order valence-electron chi connectivity index (χ4n) is 1.83. The quantitative estimate of drug-likeness (QED) is 0.759. The Bertz CT molecular complexity index is 726. The molecule has 0 aliphatic rings. The Morgan fingerprint density at radius 3 is 2.42 bits per heavy atom. The molecule has 19 heavy (non-hydrogen) atoms. The summed E-state index contributed by atoms with van der Waals surface area (Å²) in [7, 11) is 0. The maximum absolute atomic E-state index is 12.1. The molecule has 1 heterocycles. The fraction of sp³-hybridized carbons (Fsp3) is 0. The van der Waals surface area contributed by atoms with Gasteiger partial charge in [-0.1, -0.05) is 18.2 Å². The third-order valence-corrected chi connectivity index (χ3v) is 2.76. The second-order valence-electron chi connectivity index (χ2n) is 4.08. The number of para-hydroxylation sites is 1. The van der Waals surface area contributed by atoms with Gasteiger partial charge in [-0.2, -0.15) is 0 Å². The zero-order valence-corrected chi connectivity index (χ0v) is 10.1. The van der Waals surface area contributed by atoms with Crippen LogP contribution < -0.4 is 5.32 Å². The number of nitrogens with one attached hydrogen (secondary N) is 1. The lowest BCUT2D eigenvalue weighted by molar-refractivity contribution is 0.102. The van der Waals surface area contributed by atoms with Crippen LogP contribution in [0.25, 0.3) is 11.0 Å². The van der Waals surface area contributed by atoms with Crippen molar-refractivity contribution in [2.24, 2.45) is 0 Å². The highest BCUT2D eigenvalue weighted by Crippen LogP contribution is 2.13. The summed E-state index contributed by atoms with van der Waals surface area (Å²) >= 11 is 0. The van der Waals surface area contributed by atoms with Gasteiger partial charge in [0.05, 0.1) is 11.0 Å². The Balaban J connectivity index is 1.89. The predicted molar refractivity (Wildman–Crippen MR) is 73.9 cm³/mol. The average Bonchev–Trinajstić information content (AvgIpc) is 2.48. The van der Waals surface area contributed by atoms with Crippen molar-refractivity contribution in [1.29, 1.82) is 0 Å². The molecule has 2 aromatic carbocycles. The number of carbonyl (C=O) groups excluding carboxylic acids is 1. The normalized spacial score (nSPS) is 10.3. The highest BCUT2D eigenvalue weighted by atomic mass is 16.1. The van der Waals surface area contributed by atoms with Gasteiger partial charge in [0.2, 0.25) is 0 Å². The van der Waals surface area contributed by atoms with E-state index in [2.05, 4.69) is 15.3 Å². The van der Waals surface area contributed by atoms with Crippen molar-refractivity contribution in [1.82, 2.24) is 9.97 Å². The van der Waals surface area contributed by atoms with Gasteiger partial charge < -0.3 is 5.32 Å². The second kappa shape index (κ2) is 4.86. The molecule has 0 unspecified atom stereocenters. The number of aromatic nitrogens is 2. The third-order valence-electron chi connectivity index (χ3n) is 2.76. The lowest BCUT2D eigenvalue weighted by atomic mass is 10.1. The summed E-state index contributed by atoms with van der Waals surface area (Å²) in [6.07, 6.45) is 3.24. The molecule has 0 saturated heterocycles. The Morgan fingerprint density at radius 2 is 1.63 bits per heavy atom. The number of nitrogens with zero attached hydrogens (tertiary/aromatic N) is 2. The molecule has 0 fully saturated rings. The van der Waals surface area contributed by atoms with E-state index in [1.54, 1.807) is 30.6 Å². The Labute approximate surface area is 110 Å². The maximum atomic E-state index is 12.1. The number of fused-ring (bicyclic) bond motifs is 1. The maximum Gasteiger partial charge on any atom is 0.255 e. The van der Waals surface area contributed by atoms with E-state index in [0.717, 1.165) is 11.2 Å². The van der Waals surface area contributed by atoms with Crippen LogP contribution >= 0.6 is 0 Å². The van der Waals surface area contributed by atoms with Gasteiger partial charge in [-0.25, -0.2) is 0 Å². The van der Waals surface area contributed by atoms with Crippen molar-refractivity contribution in [2.45, 2.75) is 0 Å². The van der Waals surface area contributed by atoms with Gasteiger partial charge in [-0.15, -0.1) is 0 Å². The highest BCUT2D eigenvalue weighted by molar-refractivity contribution is 6.05. The number of hydrogen-bond acceptors (Lipinski definition) is 3. The summed E-state index contributed by atoms with van der Waals surface area (Å²) in [6.45, 7) is 0. The van der Waals surface area contributed by atoms with Crippen molar-refractivity contribution in [3.8, 4) is 0 Å². The van der Waals surface area contributed by atoms with E-state index >= 15 is 0 Å². The molecule has 4 nitrogen and oxygen atoms in total. The summed E-state index contributed by atoms with van der Waals surface area (Å²) in [6, 6.07) is 14.6. The number of amides is 1. The van der Waals surface area contributed by atoms with Crippen molar-refractivity contribution >= 4 is 22.6 Å². The Kier molecular flexibility index (Phi) is 2.90. The summed E-state index contributed by atoms with van der Waals surface area (Å²) in [4.78, 5) is 20.5. The molecule has 4 heteroatoms. The lowest BCUT2D eigenvalue weighted by Gasteiger charge is -2.05. The smallest absolute Gasteiger partial charge is 0.255 e. The highest BCUT2D eigenvalue weighted by Gasteiger charge is 2.07. The molecule has 1 N–H and O–H groups in total. The van der Waals surface area contributed by atoms with Gasteiger partial charge in [0.1, 0.15) is 0 Å². The lowest BCUT2D eigenvalue weighted by Crippen LogP contribution is -2.11. The standard InChI is InChI=1S/C15H11N3O/c19-15(18-12-4-2-1-3-5-12)11-6-7-13-14(10-11)17-9-8-16-13/h1-10H,(H,18,19). The van der Waals surface area contributed by atoms with E-state index in [1.165, 1.54) is 0 Å². The van der Waals surface area contributed by atoms with Crippen LogP contribution in [0.5, 0.6) is 0 Å². The average molecular weight is 249 g/mol. The van der Waals surface area contributed by atoms with Crippen LogP contribution in [0.3, 0.4) is 0 Å². The first-order chi connectivity index (χ1) is 9.33. The molecular weight excluding hydrogens is 238 g/mol. The number of rotatable bonds is 2. The van der Waals surface area contributed by atoms with Crippen molar-refractivity contribution in [2.75, 3.05) is 5.32 Å². The van der Waals surface area contributed by atoms with E-state index in [1.807, 2.05) is 30.3 Å². The van der Waals surface area contributed by atoms with Crippen LogP contribution in [-0.2, 0) is 0 Å². The zero-order chi connectivity index (χ0) is 13.1. The van der Waals surface area contributed by atoms with Gasteiger partial charge >= 0.3 is 0 Å². The molecule has 0 aliphatic carbocycles. The van der Waals surface area contributed by atoms with Gasteiger partial charge in [0.25, 0.3) is 5.91 Å². The van der Waals surface area contributed by atoms with Crippen LogP contribution in [0.15, 0.2) is 60.9 Å². The minimum atomic E-state index is -0.154. The SMILES string of the molecule is O=C(Nc1ccccc1)c1ccc2nccnc2c1. The van der Waals surface area contributed by atoms with E-state index in [9.17, 15) is 4.79 Å². The zero-order valence-electron chi connectivity index (χ0n) is 10.1. The van der Waals surface area contributed by atoms with Crippen LogP contribution in [0, 0.1) is 0 Å². The first-order valence-electron chi connectivity index (χ1n) is 5.90. The van der Waals surface area contributed by atoms with Crippen molar-refractivity contribution in [3.63, 3.8) is 0 Å². The minimum absolute atomic E-state index is 0.154. The van der Waals surface area contributed by atoms with Crippen LogP contribution in [-0.4, -0.2) is 15.9 Å². The van der Waals surface area contributed by atoms with E-state index in [0.29, 0.717) is 11.1 Å². The summed E-state index contributed by atoms with van der Waals surface area (Å²) in [5.74, 6) is -0.154. The van der Waals surface area contributed by atoms with E-state index < -0.39 is 0 Å². The molecule has 0 saturated carbocycles. The predicted octanol–water partition coefficient (Wildman–Crippen LogP) is 2.88. The minimum Gasteiger partial charge on any atom is -0.322 e. The van der Waals surface area contributed by atoms with Gasteiger partial charge in [-0.3, -0.25) is 14.8 Å². The largest absolute Gasteiger partial charge is 0.322 e. The first kappa shape index (κ1) is 11.3. The molecule has 3 aromatic rings. The van der Waals surface area contributed by atoms with Gasteiger partial charge in [0, 0.05) is 23.6 Å². The Hall–Kier alpha value is -2.75. The first-order valence-corrected chi connectivity index (χ1v) is 5.90. The molecule has 1 aromatic heterocycles. The van der Waals surface area contributed by atoms with Gasteiger partial charge in [0.15, 0.2) is 0 Å². The molecule has 0 aliphatic heterocycles. The molecule has 92 valence electrons. The molecule has 3 rings (SSSR count). The number of anilines is 1. The molecule has 0 bridgehead atoms. The number of benzene rings is 2. The van der Waals surface area contributed by atoms with E-state index in [4.69, 9.17) is 0 Å². The van der Waals surface area contributed by atoms with Crippen molar-refractivity contribution in [3.05, 3.63) is 66.5 Å². The number of carbonyl (C=O) groups is 1. The molecule has 0 spiro atoms. The monoisotopic (exact) mass is 249 g/mol. The van der Waals surface area contributed by atoms with Crippen LogP contribution in [0.2, 0.25) is 0 Å². The van der Waals surface area contributed by atoms with Gasteiger partial charge in [-0.05, 0) is 30.3 Å². The third kappa shape index (κ3) is 2.42. The summed E-state index contributed by atoms with van der Waals surface area (Å²) < 4.78 is 0. The molecule has 1 amide bonds. The second-order valence-corrected chi connectivity index (χ2v) is 4.08. The topological polar surface area (TPSA) is 54.9 Å². The molecular formula is C15H11N3O. The number of hydrogen-bond donors (Lipinski definition) is 1. The Morgan fingerprint density at radius 1 is 0.895 bits per heavy atom. The fourth-order valence-corrected chi connectivity index (χ4v) is 1.83. The summed E-state index contributed by atoms with van der Waals surface area (Å²) in [5.41, 5.74) is 2.82. The molecule has 0 radical (unpaired) electrons. The van der Waals surface area contributed by atoms with Crippen LogP contribution in [0.4, 0.5) is 5.69 Å². The molecule has 0 atom stereocenters. The van der Waals surface area contributed by atoms with Crippen molar-refractivity contribution < 1.29 is 4.79 Å².